The molecular weight excluding hydrogens is 333 g/mol. The highest BCUT2D eigenvalue weighted by Gasteiger charge is 2.04. The smallest absolute Gasteiger partial charge is 0.124 e. The highest BCUT2D eigenvalue weighted by molar-refractivity contribution is 9.10. The molecule has 0 spiro atoms. The van der Waals surface area contributed by atoms with Gasteiger partial charge in [-0.2, -0.15) is 0 Å². The summed E-state index contributed by atoms with van der Waals surface area (Å²) >= 11 is 3.29. The van der Waals surface area contributed by atoms with Gasteiger partial charge in [0.05, 0.1) is 0 Å². The molecule has 21 heavy (non-hydrogen) atoms. The number of hydrogen-bond acceptors (Lipinski definition) is 2. The number of benzene rings is 2. The van der Waals surface area contributed by atoms with Crippen LogP contribution in [0.1, 0.15) is 18.1 Å². The second-order valence-corrected chi connectivity index (χ2v) is 6.10. The standard InChI is InChI=1S/C17H19BrFNO/c1-12-3-5-17(6-4-12)21-11-13(2)20-10-14-7-15(18)9-16(19)8-14/h3-9,13,20H,10-11H2,1-2H3. The highest BCUT2D eigenvalue weighted by atomic mass is 79.9. The van der Waals surface area contributed by atoms with Crippen LogP contribution < -0.4 is 10.1 Å². The van der Waals surface area contributed by atoms with Crippen molar-refractivity contribution in [3.8, 4) is 5.75 Å². The first kappa shape index (κ1) is 16.0. The van der Waals surface area contributed by atoms with Crippen LogP contribution in [-0.4, -0.2) is 12.6 Å². The summed E-state index contributed by atoms with van der Waals surface area (Å²) in [6.45, 7) is 5.27. The fourth-order valence-electron chi connectivity index (χ4n) is 1.92. The molecule has 0 aliphatic rings. The Hall–Kier alpha value is -1.39. The number of hydrogen-bond donors (Lipinski definition) is 1. The third-order valence-electron chi connectivity index (χ3n) is 3.10. The van der Waals surface area contributed by atoms with E-state index in [0.717, 1.165) is 15.8 Å². The summed E-state index contributed by atoms with van der Waals surface area (Å²) in [4.78, 5) is 0. The molecule has 4 heteroatoms. The predicted octanol–water partition coefficient (Wildman–Crippen LogP) is 4.45. The van der Waals surface area contributed by atoms with Gasteiger partial charge in [0, 0.05) is 17.1 Å². The molecule has 0 aliphatic carbocycles. The molecule has 1 atom stereocenters. The number of aryl methyl sites for hydroxylation is 1. The molecule has 0 saturated carbocycles. The highest BCUT2D eigenvalue weighted by Crippen LogP contribution is 2.15. The molecule has 1 N–H and O–H groups in total. The van der Waals surface area contributed by atoms with E-state index in [4.69, 9.17) is 4.74 Å². The Morgan fingerprint density at radius 2 is 1.90 bits per heavy atom. The van der Waals surface area contributed by atoms with Gasteiger partial charge in [0.2, 0.25) is 0 Å². The molecule has 0 heterocycles. The largest absolute Gasteiger partial charge is 0.492 e. The molecule has 2 rings (SSSR count). The number of ether oxygens (including phenoxy) is 1. The van der Waals surface area contributed by atoms with Crippen molar-refractivity contribution < 1.29 is 9.13 Å². The fraction of sp³-hybridized carbons (Fsp3) is 0.294. The summed E-state index contributed by atoms with van der Waals surface area (Å²) in [5, 5.41) is 3.32. The lowest BCUT2D eigenvalue weighted by Gasteiger charge is -2.15. The maximum Gasteiger partial charge on any atom is 0.124 e. The molecule has 0 bridgehead atoms. The monoisotopic (exact) mass is 351 g/mol. The lowest BCUT2D eigenvalue weighted by atomic mass is 10.2. The van der Waals surface area contributed by atoms with E-state index in [2.05, 4.69) is 21.2 Å². The molecule has 2 aromatic carbocycles. The molecule has 0 radical (unpaired) electrons. The third-order valence-corrected chi connectivity index (χ3v) is 3.56. The lowest BCUT2D eigenvalue weighted by Crippen LogP contribution is -2.31. The molecule has 0 aliphatic heterocycles. The van der Waals surface area contributed by atoms with Crippen molar-refractivity contribution in [2.45, 2.75) is 26.4 Å². The average molecular weight is 352 g/mol. The van der Waals surface area contributed by atoms with Crippen LogP contribution in [0.25, 0.3) is 0 Å². The Kier molecular flexibility index (Phi) is 5.76. The van der Waals surface area contributed by atoms with E-state index in [1.54, 1.807) is 0 Å². The van der Waals surface area contributed by atoms with Crippen molar-refractivity contribution >= 4 is 15.9 Å². The summed E-state index contributed by atoms with van der Waals surface area (Å²) in [6, 6.07) is 13.0. The number of rotatable bonds is 6. The average Bonchev–Trinajstić information content (AvgIpc) is 2.43. The van der Waals surface area contributed by atoms with Crippen LogP contribution >= 0.6 is 15.9 Å². The van der Waals surface area contributed by atoms with Crippen LogP contribution in [0.4, 0.5) is 4.39 Å². The maximum atomic E-state index is 13.3. The van der Waals surface area contributed by atoms with Gasteiger partial charge in [0.15, 0.2) is 0 Å². The quantitative estimate of drug-likeness (QED) is 0.829. The summed E-state index contributed by atoms with van der Waals surface area (Å²) < 4.78 is 19.7. The van der Waals surface area contributed by atoms with E-state index in [1.807, 2.05) is 44.2 Å². The predicted molar refractivity (Wildman–Crippen MR) is 87.1 cm³/mol. The zero-order valence-electron chi connectivity index (χ0n) is 12.2. The molecule has 2 aromatic rings. The normalized spacial score (nSPS) is 12.2. The van der Waals surface area contributed by atoms with Crippen LogP contribution in [-0.2, 0) is 6.54 Å². The zero-order valence-corrected chi connectivity index (χ0v) is 13.8. The Morgan fingerprint density at radius 3 is 2.57 bits per heavy atom. The Labute approximate surface area is 133 Å². The van der Waals surface area contributed by atoms with Crippen LogP contribution in [0, 0.1) is 12.7 Å². The van der Waals surface area contributed by atoms with Gasteiger partial charge in [-0.1, -0.05) is 33.6 Å². The molecular formula is C17H19BrFNO. The minimum Gasteiger partial charge on any atom is -0.492 e. The Morgan fingerprint density at radius 1 is 1.19 bits per heavy atom. The van der Waals surface area contributed by atoms with Gasteiger partial charge in [-0.15, -0.1) is 0 Å². The SMILES string of the molecule is Cc1ccc(OCC(C)NCc2cc(F)cc(Br)c2)cc1. The van der Waals surface area contributed by atoms with Gasteiger partial charge < -0.3 is 10.1 Å². The van der Waals surface area contributed by atoms with Gasteiger partial charge in [0.25, 0.3) is 0 Å². The maximum absolute atomic E-state index is 13.3. The van der Waals surface area contributed by atoms with Gasteiger partial charge in [0.1, 0.15) is 18.2 Å². The third kappa shape index (κ3) is 5.48. The van der Waals surface area contributed by atoms with Crippen LogP contribution in [0.15, 0.2) is 46.9 Å². The van der Waals surface area contributed by atoms with Gasteiger partial charge >= 0.3 is 0 Å². The second kappa shape index (κ2) is 7.57. The van der Waals surface area contributed by atoms with Crippen molar-refractivity contribution in [3.63, 3.8) is 0 Å². The molecule has 0 amide bonds. The Bertz CT molecular complexity index is 566. The van der Waals surface area contributed by atoms with E-state index in [1.165, 1.54) is 17.7 Å². The van der Waals surface area contributed by atoms with E-state index < -0.39 is 0 Å². The van der Waals surface area contributed by atoms with E-state index in [-0.39, 0.29) is 11.9 Å². The van der Waals surface area contributed by atoms with E-state index in [0.29, 0.717) is 13.2 Å². The van der Waals surface area contributed by atoms with Crippen LogP contribution in [0.2, 0.25) is 0 Å². The van der Waals surface area contributed by atoms with Gasteiger partial charge in [-0.3, -0.25) is 0 Å². The summed E-state index contributed by atoms with van der Waals surface area (Å²) in [5.74, 6) is 0.632. The van der Waals surface area contributed by atoms with Gasteiger partial charge in [-0.05, 0) is 49.7 Å². The summed E-state index contributed by atoms with van der Waals surface area (Å²) in [7, 11) is 0. The molecule has 0 aromatic heterocycles. The minimum atomic E-state index is -0.232. The number of nitrogens with one attached hydrogen (secondary N) is 1. The van der Waals surface area contributed by atoms with Gasteiger partial charge in [-0.25, -0.2) is 4.39 Å². The molecule has 2 nitrogen and oxygen atoms in total. The molecule has 0 saturated heterocycles. The minimum absolute atomic E-state index is 0.174. The fourth-order valence-corrected chi connectivity index (χ4v) is 2.43. The first-order valence-corrected chi connectivity index (χ1v) is 7.70. The topological polar surface area (TPSA) is 21.3 Å². The second-order valence-electron chi connectivity index (χ2n) is 5.18. The Balaban J connectivity index is 1.79. The van der Waals surface area contributed by atoms with Crippen molar-refractivity contribution in [1.29, 1.82) is 0 Å². The zero-order chi connectivity index (χ0) is 15.2. The van der Waals surface area contributed by atoms with Crippen LogP contribution in [0.5, 0.6) is 5.75 Å². The van der Waals surface area contributed by atoms with Crippen molar-refractivity contribution in [2.75, 3.05) is 6.61 Å². The molecule has 0 fully saturated rings. The number of halogens is 2. The molecule has 1 unspecified atom stereocenters. The van der Waals surface area contributed by atoms with E-state index in [9.17, 15) is 4.39 Å². The van der Waals surface area contributed by atoms with Crippen molar-refractivity contribution in [2.24, 2.45) is 0 Å². The molecule has 112 valence electrons. The van der Waals surface area contributed by atoms with Crippen LogP contribution in [0.3, 0.4) is 0 Å². The van der Waals surface area contributed by atoms with Crippen molar-refractivity contribution in [3.05, 3.63) is 63.9 Å². The summed E-state index contributed by atoms with van der Waals surface area (Å²) in [5.41, 5.74) is 2.12. The first-order valence-electron chi connectivity index (χ1n) is 6.91. The summed E-state index contributed by atoms with van der Waals surface area (Å²) in [6.07, 6.45) is 0. The van der Waals surface area contributed by atoms with E-state index >= 15 is 0 Å². The lowest BCUT2D eigenvalue weighted by molar-refractivity contribution is 0.272. The first-order chi connectivity index (χ1) is 10.0. The van der Waals surface area contributed by atoms with Crippen molar-refractivity contribution in [1.82, 2.24) is 5.32 Å².